The van der Waals surface area contributed by atoms with Gasteiger partial charge >= 0.3 is 6.03 Å². The number of ether oxygens (including phenoxy) is 3. The van der Waals surface area contributed by atoms with Crippen molar-refractivity contribution >= 4 is 33.3 Å². The molecule has 0 aliphatic carbocycles. The number of aliphatic hydroxyl groups excluding tert-OH is 1. The monoisotopic (exact) mass is 696 g/mol. The molecule has 3 amide bonds. The van der Waals surface area contributed by atoms with Gasteiger partial charge in [0.15, 0.2) is 0 Å². The molecule has 3 aromatic carbocycles. The number of aliphatic hydroxyl groups is 1. The summed E-state index contributed by atoms with van der Waals surface area (Å²) in [4.78, 5) is 30.7. The van der Waals surface area contributed by atoms with Crippen LogP contribution < -0.4 is 19.5 Å². The molecule has 1 aliphatic heterocycles. The summed E-state index contributed by atoms with van der Waals surface area (Å²) in [5, 5.41) is 13.1. The average Bonchev–Trinajstić information content (AvgIpc) is 3.10. The van der Waals surface area contributed by atoms with Crippen molar-refractivity contribution in [3.05, 3.63) is 78.4 Å². The van der Waals surface area contributed by atoms with E-state index in [1.54, 1.807) is 85.5 Å². The fourth-order valence-electron chi connectivity index (χ4n) is 5.51. The molecular formula is C36H48N4O8S. The van der Waals surface area contributed by atoms with Gasteiger partial charge in [-0.15, -0.1) is 0 Å². The highest BCUT2D eigenvalue weighted by atomic mass is 32.2. The third-order valence-electron chi connectivity index (χ3n) is 8.50. The summed E-state index contributed by atoms with van der Waals surface area (Å²) in [5.41, 5.74) is 0.980. The van der Waals surface area contributed by atoms with Gasteiger partial charge in [0.05, 0.1) is 42.4 Å². The van der Waals surface area contributed by atoms with E-state index < -0.39 is 28.1 Å². The Balaban J connectivity index is 1.60. The standard InChI is InChI=1S/C36H48N4O8S/c1-25-22-40(26(2)24-41)35(42)32-21-29(38-49(44,45)31-12-7-6-8-13-31)16-19-33(32)48-27(3)11-9-10-20-47-34(25)23-39(4)36(43)37-28-14-17-30(46-5)18-15-28/h6-8,12-19,21,25-27,34,38,41H,9-11,20,22-24H2,1-5H3,(H,37,43)/t25-,26+,27+,34-/m0/s1. The fraction of sp³-hybridized carbons (Fsp3) is 0.444. The van der Waals surface area contributed by atoms with Crippen LogP contribution in [0.4, 0.5) is 16.2 Å². The number of urea groups is 1. The van der Waals surface area contributed by atoms with Gasteiger partial charge in [-0.2, -0.15) is 0 Å². The Bertz CT molecular complexity index is 1640. The number of hydrogen-bond donors (Lipinski definition) is 3. The molecule has 0 aromatic heterocycles. The summed E-state index contributed by atoms with van der Waals surface area (Å²) in [6.07, 6.45) is 1.59. The minimum atomic E-state index is -3.92. The van der Waals surface area contributed by atoms with E-state index >= 15 is 0 Å². The molecule has 3 N–H and O–H groups in total. The Hall–Kier alpha value is -4.33. The summed E-state index contributed by atoms with van der Waals surface area (Å²) in [6.45, 7) is 6.20. The molecule has 0 saturated heterocycles. The molecule has 1 heterocycles. The molecule has 4 atom stereocenters. The molecule has 0 saturated carbocycles. The van der Waals surface area contributed by atoms with Gasteiger partial charge in [0.25, 0.3) is 15.9 Å². The van der Waals surface area contributed by atoms with Crippen molar-refractivity contribution in [1.82, 2.24) is 9.80 Å². The van der Waals surface area contributed by atoms with Crippen molar-refractivity contribution in [1.29, 1.82) is 0 Å². The zero-order chi connectivity index (χ0) is 35.6. The molecule has 0 fully saturated rings. The van der Waals surface area contributed by atoms with Crippen LogP contribution >= 0.6 is 0 Å². The number of anilines is 2. The minimum Gasteiger partial charge on any atom is -0.497 e. The Morgan fingerprint density at radius 2 is 1.76 bits per heavy atom. The van der Waals surface area contributed by atoms with Gasteiger partial charge in [-0.05, 0) is 87.7 Å². The molecule has 3 aromatic rings. The van der Waals surface area contributed by atoms with Gasteiger partial charge in [0.1, 0.15) is 11.5 Å². The number of amides is 3. The van der Waals surface area contributed by atoms with Crippen LogP contribution in [0.1, 0.15) is 50.4 Å². The lowest BCUT2D eigenvalue weighted by atomic mass is 10.0. The molecule has 0 spiro atoms. The van der Waals surface area contributed by atoms with E-state index in [2.05, 4.69) is 10.0 Å². The number of fused-ring (bicyclic) bond motifs is 1. The zero-order valence-corrected chi connectivity index (χ0v) is 29.6. The number of carbonyl (C=O) groups excluding carboxylic acids is 2. The molecule has 4 rings (SSSR count). The third-order valence-corrected chi connectivity index (χ3v) is 9.90. The Labute approximate surface area is 289 Å². The zero-order valence-electron chi connectivity index (χ0n) is 28.8. The summed E-state index contributed by atoms with van der Waals surface area (Å²) in [5.74, 6) is 0.304. The highest BCUT2D eigenvalue weighted by molar-refractivity contribution is 7.92. The van der Waals surface area contributed by atoms with Crippen molar-refractivity contribution in [2.45, 2.75) is 63.2 Å². The van der Waals surface area contributed by atoms with E-state index in [1.165, 1.54) is 18.2 Å². The maximum atomic E-state index is 14.4. The van der Waals surface area contributed by atoms with Crippen molar-refractivity contribution in [3.8, 4) is 11.5 Å². The number of sulfonamides is 1. The smallest absolute Gasteiger partial charge is 0.321 e. The van der Waals surface area contributed by atoms with Crippen LogP contribution in [0.3, 0.4) is 0 Å². The molecular weight excluding hydrogens is 648 g/mol. The summed E-state index contributed by atoms with van der Waals surface area (Å²) in [7, 11) is -0.662. The van der Waals surface area contributed by atoms with E-state index in [4.69, 9.17) is 14.2 Å². The second kappa shape index (κ2) is 17.4. The SMILES string of the molecule is COc1ccc(NC(=O)N(C)C[C@@H]2OCCCC[C@@H](C)Oc3ccc(NS(=O)(=O)c4ccccc4)cc3C(=O)N([C@H](C)CO)C[C@@H]2C)cc1. The van der Waals surface area contributed by atoms with Crippen LogP contribution in [0.5, 0.6) is 11.5 Å². The number of rotatable bonds is 9. The number of benzene rings is 3. The first-order valence-electron chi connectivity index (χ1n) is 16.5. The van der Waals surface area contributed by atoms with Crippen molar-refractivity contribution in [3.63, 3.8) is 0 Å². The number of carbonyl (C=O) groups is 2. The first-order chi connectivity index (χ1) is 23.4. The summed E-state index contributed by atoms with van der Waals surface area (Å²) >= 11 is 0. The molecule has 13 heteroatoms. The van der Waals surface area contributed by atoms with Gasteiger partial charge in [0.2, 0.25) is 0 Å². The minimum absolute atomic E-state index is 0.0873. The summed E-state index contributed by atoms with van der Waals surface area (Å²) in [6, 6.07) is 18.7. The second-order valence-electron chi connectivity index (χ2n) is 12.5. The molecule has 0 bridgehead atoms. The maximum Gasteiger partial charge on any atom is 0.321 e. The van der Waals surface area contributed by atoms with E-state index in [0.717, 1.165) is 12.8 Å². The van der Waals surface area contributed by atoms with Crippen LogP contribution in [0, 0.1) is 5.92 Å². The average molecular weight is 697 g/mol. The maximum absolute atomic E-state index is 14.4. The first kappa shape index (κ1) is 37.5. The van der Waals surface area contributed by atoms with Gasteiger partial charge in [-0.25, -0.2) is 13.2 Å². The largest absolute Gasteiger partial charge is 0.497 e. The number of nitrogens with zero attached hydrogens (tertiary/aromatic N) is 2. The quantitative estimate of drug-likeness (QED) is 0.268. The van der Waals surface area contributed by atoms with E-state index in [0.29, 0.717) is 30.2 Å². The van der Waals surface area contributed by atoms with Crippen LogP contribution in [0.25, 0.3) is 0 Å². The van der Waals surface area contributed by atoms with Gasteiger partial charge in [-0.3, -0.25) is 9.52 Å². The van der Waals surface area contributed by atoms with Crippen LogP contribution in [0.15, 0.2) is 77.7 Å². The van der Waals surface area contributed by atoms with Gasteiger partial charge < -0.3 is 34.4 Å². The lowest BCUT2D eigenvalue weighted by molar-refractivity contribution is -0.0115. The predicted octanol–water partition coefficient (Wildman–Crippen LogP) is 5.46. The van der Waals surface area contributed by atoms with E-state index in [1.807, 2.05) is 13.8 Å². The predicted molar refractivity (Wildman–Crippen MR) is 189 cm³/mol. The summed E-state index contributed by atoms with van der Waals surface area (Å²) < 4.78 is 46.6. The number of likely N-dealkylation sites (N-methyl/N-ethyl adjacent to an activating group) is 1. The van der Waals surface area contributed by atoms with Crippen LogP contribution in [0.2, 0.25) is 0 Å². The number of methoxy groups -OCH3 is 1. The van der Waals surface area contributed by atoms with Gasteiger partial charge in [0, 0.05) is 44.0 Å². The van der Waals surface area contributed by atoms with Crippen LogP contribution in [-0.4, -0.2) is 94.0 Å². The van der Waals surface area contributed by atoms with Crippen molar-refractivity contribution in [2.75, 3.05) is 50.5 Å². The Morgan fingerprint density at radius 3 is 2.43 bits per heavy atom. The molecule has 12 nitrogen and oxygen atoms in total. The Kier molecular flexibility index (Phi) is 13.3. The van der Waals surface area contributed by atoms with Crippen LogP contribution in [-0.2, 0) is 14.8 Å². The molecule has 266 valence electrons. The van der Waals surface area contributed by atoms with E-state index in [-0.39, 0.29) is 53.9 Å². The van der Waals surface area contributed by atoms with E-state index in [9.17, 15) is 23.1 Å². The number of nitrogens with one attached hydrogen (secondary N) is 2. The Morgan fingerprint density at radius 1 is 1.06 bits per heavy atom. The molecule has 0 unspecified atom stereocenters. The fourth-order valence-corrected chi connectivity index (χ4v) is 6.58. The molecule has 1 aliphatic rings. The highest BCUT2D eigenvalue weighted by Gasteiger charge is 2.31. The lowest BCUT2D eigenvalue weighted by Crippen LogP contribution is -2.48. The van der Waals surface area contributed by atoms with Crippen molar-refractivity contribution in [2.24, 2.45) is 5.92 Å². The lowest BCUT2D eigenvalue weighted by Gasteiger charge is -2.35. The second-order valence-corrected chi connectivity index (χ2v) is 14.2. The highest BCUT2D eigenvalue weighted by Crippen LogP contribution is 2.29. The van der Waals surface area contributed by atoms with Gasteiger partial charge in [-0.1, -0.05) is 25.1 Å². The third kappa shape index (κ3) is 10.3. The normalized spacial score (nSPS) is 19.8. The molecule has 0 radical (unpaired) electrons. The molecule has 49 heavy (non-hydrogen) atoms. The number of hydrogen-bond acceptors (Lipinski definition) is 8. The first-order valence-corrected chi connectivity index (χ1v) is 18.0. The topological polar surface area (TPSA) is 147 Å². The van der Waals surface area contributed by atoms with Crippen molar-refractivity contribution < 1.29 is 37.3 Å².